The Hall–Kier alpha value is -1.75. The molecule has 0 radical (unpaired) electrons. The second-order valence-corrected chi connectivity index (χ2v) is 7.01. The van der Waals surface area contributed by atoms with Gasteiger partial charge in [0.25, 0.3) is 0 Å². The maximum atomic E-state index is 5.44. The van der Waals surface area contributed by atoms with Crippen LogP contribution in [-0.2, 0) is 11.2 Å². The number of nitrogens with one attached hydrogen (secondary N) is 1. The fraction of sp³-hybridized carbons (Fsp3) is 0.476. The summed E-state index contributed by atoms with van der Waals surface area (Å²) >= 11 is 0. The summed E-state index contributed by atoms with van der Waals surface area (Å²) in [5.74, 6) is 0.601. The van der Waals surface area contributed by atoms with Gasteiger partial charge in [-0.3, -0.25) is 9.88 Å². The van der Waals surface area contributed by atoms with Crippen LogP contribution in [0.1, 0.15) is 23.6 Å². The van der Waals surface area contributed by atoms with Gasteiger partial charge in [0.1, 0.15) is 0 Å². The van der Waals surface area contributed by atoms with Gasteiger partial charge in [-0.1, -0.05) is 36.4 Å². The lowest BCUT2D eigenvalue weighted by Crippen LogP contribution is -2.39. The van der Waals surface area contributed by atoms with E-state index in [9.17, 15) is 0 Å². The first-order chi connectivity index (χ1) is 12.3. The fourth-order valence-corrected chi connectivity index (χ4v) is 3.93. The smallest absolute Gasteiger partial charge is 0.0619 e. The Bertz CT molecular complexity index is 620. The molecule has 25 heavy (non-hydrogen) atoms. The molecule has 2 aromatic rings. The van der Waals surface area contributed by atoms with Crippen LogP contribution in [-0.4, -0.2) is 49.8 Å². The summed E-state index contributed by atoms with van der Waals surface area (Å²) < 4.78 is 5.44. The topological polar surface area (TPSA) is 37.4 Å². The molecule has 1 aromatic heterocycles. The minimum absolute atomic E-state index is 0.341. The summed E-state index contributed by atoms with van der Waals surface area (Å²) in [6.45, 7) is 2.87. The quantitative estimate of drug-likeness (QED) is 0.802. The third-order valence-corrected chi connectivity index (χ3v) is 5.16. The molecule has 1 aliphatic rings. The first-order valence-corrected chi connectivity index (χ1v) is 9.14. The molecule has 2 heterocycles. The summed E-state index contributed by atoms with van der Waals surface area (Å²) in [5.41, 5.74) is 2.67. The summed E-state index contributed by atoms with van der Waals surface area (Å²) in [7, 11) is 4.00. The van der Waals surface area contributed by atoms with E-state index in [0.29, 0.717) is 18.0 Å². The first kappa shape index (κ1) is 18.1. The number of likely N-dealkylation sites (tertiary alicyclic amines) is 1. The average Bonchev–Trinajstić information content (AvgIpc) is 3.02. The highest BCUT2D eigenvalue weighted by Crippen LogP contribution is 2.35. The molecule has 1 aliphatic heterocycles. The number of aromatic nitrogens is 1. The van der Waals surface area contributed by atoms with Crippen LogP contribution in [0, 0.1) is 5.92 Å². The number of hydrogen-bond donors (Lipinski definition) is 1. The van der Waals surface area contributed by atoms with Crippen LogP contribution in [0.4, 0.5) is 0 Å². The average molecular weight is 339 g/mol. The van der Waals surface area contributed by atoms with Gasteiger partial charge in [0.2, 0.25) is 0 Å². The minimum atomic E-state index is 0.341. The lowest BCUT2D eigenvalue weighted by atomic mass is 9.94. The summed E-state index contributed by atoms with van der Waals surface area (Å²) in [6.07, 6.45) is 6.07. The van der Waals surface area contributed by atoms with Crippen LogP contribution in [0.3, 0.4) is 0 Å². The Morgan fingerprint density at radius 1 is 1.24 bits per heavy atom. The summed E-state index contributed by atoms with van der Waals surface area (Å²) in [6, 6.07) is 15.7. The van der Waals surface area contributed by atoms with Gasteiger partial charge in [0.05, 0.1) is 6.61 Å². The van der Waals surface area contributed by atoms with Crippen LogP contribution < -0.4 is 5.32 Å². The van der Waals surface area contributed by atoms with Crippen molar-refractivity contribution in [3.63, 3.8) is 0 Å². The second-order valence-electron chi connectivity index (χ2n) is 7.01. The van der Waals surface area contributed by atoms with Crippen LogP contribution in [0.5, 0.6) is 0 Å². The highest BCUT2D eigenvalue weighted by Gasteiger charge is 2.33. The number of methoxy groups -OCH3 is 1. The molecule has 1 saturated heterocycles. The predicted molar refractivity (Wildman–Crippen MR) is 102 cm³/mol. The van der Waals surface area contributed by atoms with Gasteiger partial charge in [-0.2, -0.15) is 0 Å². The molecule has 3 atom stereocenters. The van der Waals surface area contributed by atoms with Gasteiger partial charge >= 0.3 is 0 Å². The van der Waals surface area contributed by atoms with Crippen molar-refractivity contribution in [2.45, 2.75) is 24.9 Å². The Labute approximate surface area is 151 Å². The monoisotopic (exact) mass is 339 g/mol. The normalized spacial score (nSPS) is 22.2. The number of ether oxygens (including phenoxy) is 1. The van der Waals surface area contributed by atoms with E-state index in [1.807, 2.05) is 18.5 Å². The van der Waals surface area contributed by atoms with E-state index >= 15 is 0 Å². The van der Waals surface area contributed by atoms with Crippen molar-refractivity contribution in [3.8, 4) is 0 Å². The summed E-state index contributed by atoms with van der Waals surface area (Å²) in [4.78, 5) is 6.76. The highest BCUT2D eigenvalue weighted by atomic mass is 16.5. The SMILES string of the molecule is COCC(Cc1ccccc1)NC[C@@H]1CCN(C)[C@H]1c1cccnc1. The van der Waals surface area contributed by atoms with Crippen molar-refractivity contribution in [3.05, 3.63) is 66.0 Å². The molecule has 0 aliphatic carbocycles. The van der Waals surface area contributed by atoms with Gasteiger partial charge in [-0.05, 0) is 49.5 Å². The predicted octanol–water partition coefficient (Wildman–Crippen LogP) is 2.92. The lowest BCUT2D eigenvalue weighted by molar-refractivity contribution is 0.161. The Morgan fingerprint density at radius 2 is 2.08 bits per heavy atom. The molecule has 0 saturated carbocycles. The minimum Gasteiger partial charge on any atom is -0.383 e. The van der Waals surface area contributed by atoms with Crippen LogP contribution >= 0.6 is 0 Å². The Kier molecular flexibility index (Phi) is 6.56. The van der Waals surface area contributed by atoms with E-state index < -0.39 is 0 Å². The molecule has 0 spiro atoms. The lowest BCUT2D eigenvalue weighted by Gasteiger charge is -2.27. The van der Waals surface area contributed by atoms with Crippen LogP contribution in [0.2, 0.25) is 0 Å². The molecule has 1 aromatic carbocycles. The van der Waals surface area contributed by atoms with Crippen molar-refractivity contribution >= 4 is 0 Å². The number of hydrogen-bond acceptors (Lipinski definition) is 4. The van der Waals surface area contributed by atoms with E-state index in [1.165, 1.54) is 17.5 Å². The molecule has 4 heteroatoms. The number of benzene rings is 1. The number of pyridine rings is 1. The molecule has 134 valence electrons. The van der Waals surface area contributed by atoms with E-state index in [-0.39, 0.29) is 0 Å². The molecule has 1 N–H and O–H groups in total. The van der Waals surface area contributed by atoms with Crippen LogP contribution in [0.25, 0.3) is 0 Å². The maximum absolute atomic E-state index is 5.44. The van der Waals surface area contributed by atoms with Crippen molar-refractivity contribution in [2.24, 2.45) is 5.92 Å². The molecule has 1 fully saturated rings. The largest absolute Gasteiger partial charge is 0.383 e. The number of rotatable bonds is 8. The second kappa shape index (κ2) is 9.09. The van der Waals surface area contributed by atoms with E-state index in [1.54, 1.807) is 7.11 Å². The highest BCUT2D eigenvalue weighted by molar-refractivity contribution is 5.18. The fourth-order valence-electron chi connectivity index (χ4n) is 3.93. The van der Waals surface area contributed by atoms with Gasteiger partial charge in [-0.15, -0.1) is 0 Å². The van der Waals surface area contributed by atoms with Crippen molar-refractivity contribution in [1.82, 2.24) is 15.2 Å². The first-order valence-electron chi connectivity index (χ1n) is 9.14. The standard InChI is InChI=1S/C21H29N3O/c1-24-12-10-19(21(24)18-9-6-11-22-14-18)15-23-20(16-25-2)13-17-7-4-3-5-8-17/h3-9,11,14,19-21,23H,10,12-13,15-16H2,1-2H3/t19-,20?,21-/m0/s1. The van der Waals surface area contributed by atoms with Gasteiger partial charge in [-0.25, -0.2) is 0 Å². The van der Waals surface area contributed by atoms with Crippen molar-refractivity contribution in [2.75, 3.05) is 33.9 Å². The van der Waals surface area contributed by atoms with Crippen LogP contribution in [0.15, 0.2) is 54.9 Å². The third kappa shape index (κ3) is 4.88. The molecule has 0 bridgehead atoms. The third-order valence-electron chi connectivity index (χ3n) is 5.16. The van der Waals surface area contributed by atoms with Crippen molar-refractivity contribution < 1.29 is 4.74 Å². The van der Waals surface area contributed by atoms with Crippen molar-refractivity contribution in [1.29, 1.82) is 0 Å². The zero-order valence-corrected chi connectivity index (χ0v) is 15.3. The molecule has 1 unspecified atom stereocenters. The molecule has 3 rings (SSSR count). The van der Waals surface area contributed by atoms with Gasteiger partial charge in [0, 0.05) is 38.1 Å². The molecular weight excluding hydrogens is 310 g/mol. The zero-order valence-electron chi connectivity index (χ0n) is 15.3. The molecular formula is C21H29N3O. The Balaban J connectivity index is 1.61. The van der Waals surface area contributed by atoms with Gasteiger partial charge in [0.15, 0.2) is 0 Å². The molecule has 0 amide bonds. The van der Waals surface area contributed by atoms with E-state index in [0.717, 1.165) is 26.1 Å². The van der Waals surface area contributed by atoms with E-state index in [2.05, 4.69) is 58.6 Å². The molecule has 4 nitrogen and oxygen atoms in total. The Morgan fingerprint density at radius 3 is 2.80 bits per heavy atom. The summed E-state index contributed by atoms with van der Waals surface area (Å²) in [5, 5.41) is 3.76. The number of nitrogens with zero attached hydrogens (tertiary/aromatic N) is 2. The maximum Gasteiger partial charge on any atom is 0.0619 e. The van der Waals surface area contributed by atoms with E-state index in [4.69, 9.17) is 4.74 Å². The van der Waals surface area contributed by atoms with Gasteiger partial charge < -0.3 is 10.1 Å². The zero-order chi connectivity index (χ0) is 17.5.